The summed E-state index contributed by atoms with van der Waals surface area (Å²) < 4.78 is 0. The minimum absolute atomic E-state index is 0.201. The molecule has 1 rings (SSSR count). The van der Waals surface area contributed by atoms with Crippen molar-refractivity contribution in [3.63, 3.8) is 0 Å². The molecule has 2 nitrogen and oxygen atoms in total. The molecule has 0 bridgehead atoms. The Morgan fingerprint density at radius 3 is 2.62 bits per heavy atom. The van der Waals surface area contributed by atoms with Gasteiger partial charge in [-0.15, -0.1) is 0 Å². The molecule has 0 aliphatic carbocycles. The van der Waals surface area contributed by atoms with Gasteiger partial charge in [0.25, 0.3) is 5.91 Å². The Morgan fingerprint density at radius 2 is 2.08 bits per heavy atom. The van der Waals surface area contributed by atoms with Crippen LogP contribution in [-0.4, -0.2) is 24.9 Å². The van der Waals surface area contributed by atoms with Gasteiger partial charge in [-0.3, -0.25) is 4.79 Å². The second kappa shape index (κ2) is 3.99. The van der Waals surface area contributed by atoms with Crippen molar-refractivity contribution in [1.82, 2.24) is 4.90 Å². The van der Waals surface area contributed by atoms with Crippen LogP contribution in [0.1, 0.15) is 10.4 Å². The van der Waals surface area contributed by atoms with E-state index >= 15 is 0 Å². The predicted molar refractivity (Wildman–Crippen MR) is 53.3 cm³/mol. The van der Waals surface area contributed by atoms with E-state index in [9.17, 15) is 4.79 Å². The summed E-state index contributed by atoms with van der Waals surface area (Å²) in [6.45, 7) is 0. The number of carbonyl (C=O) groups is 1. The number of amides is 1. The van der Waals surface area contributed by atoms with Gasteiger partial charge in [-0.05, 0) is 12.1 Å². The number of hydrogen-bond donors (Lipinski definition) is 0. The summed E-state index contributed by atoms with van der Waals surface area (Å²) in [5.41, 5.74) is 0.305. The van der Waals surface area contributed by atoms with E-state index in [1.54, 1.807) is 26.2 Å². The standard InChI is InChI=1S/C9H8Cl2NO/c1-12(2)9(13)6-4-3-5-7(10)8(6)11/h3,5H,1-2H3. The maximum atomic E-state index is 11.5. The van der Waals surface area contributed by atoms with Gasteiger partial charge in [0.15, 0.2) is 0 Å². The number of carbonyl (C=O) groups excluding carboxylic acids is 1. The van der Waals surface area contributed by atoms with Crippen molar-refractivity contribution in [2.24, 2.45) is 0 Å². The Bertz CT molecular complexity index is 336. The van der Waals surface area contributed by atoms with Crippen LogP contribution >= 0.6 is 23.2 Å². The third-order valence-corrected chi connectivity index (χ3v) is 2.31. The van der Waals surface area contributed by atoms with E-state index in [0.29, 0.717) is 10.6 Å². The summed E-state index contributed by atoms with van der Waals surface area (Å²) in [7, 11) is 3.29. The average Bonchev–Trinajstić information content (AvgIpc) is 2.08. The first kappa shape index (κ1) is 10.4. The Morgan fingerprint density at radius 1 is 1.46 bits per heavy atom. The second-order valence-corrected chi connectivity index (χ2v) is 3.50. The van der Waals surface area contributed by atoms with Crippen LogP contribution in [0.2, 0.25) is 10.0 Å². The maximum Gasteiger partial charge on any atom is 0.255 e. The zero-order valence-electron chi connectivity index (χ0n) is 7.27. The number of halogens is 2. The maximum absolute atomic E-state index is 11.5. The molecule has 0 aliphatic rings. The zero-order chi connectivity index (χ0) is 10.0. The lowest BCUT2D eigenvalue weighted by Crippen LogP contribution is -2.22. The van der Waals surface area contributed by atoms with E-state index in [0.717, 1.165) is 0 Å². The minimum Gasteiger partial charge on any atom is -0.345 e. The molecule has 1 aromatic carbocycles. The normalized spacial score (nSPS) is 9.85. The van der Waals surface area contributed by atoms with Gasteiger partial charge in [-0.2, -0.15) is 0 Å². The molecule has 1 radical (unpaired) electrons. The molecule has 0 saturated heterocycles. The van der Waals surface area contributed by atoms with Crippen molar-refractivity contribution in [3.05, 3.63) is 33.8 Å². The smallest absolute Gasteiger partial charge is 0.255 e. The highest BCUT2D eigenvalue weighted by atomic mass is 35.5. The van der Waals surface area contributed by atoms with Crippen LogP contribution in [-0.2, 0) is 0 Å². The summed E-state index contributed by atoms with van der Waals surface area (Å²) in [5.74, 6) is -0.201. The van der Waals surface area contributed by atoms with Gasteiger partial charge in [0.05, 0.1) is 15.6 Å². The molecule has 0 spiro atoms. The lowest BCUT2D eigenvalue weighted by molar-refractivity contribution is 0.0827. The van der Waals surface area contributed by atoms with E-state index < -0.39 is 0 Å². The molecule has 69 valence electrons. The van der Waals surface area contributed by atoms with E-state index in [1.807, 2.05) is 0 Å². The highest BCUT2D eigenvalue weighted by Crippen LogP contribution is 2.25. The van der Waals surface area contributed by atoms with E-state index in [-0.39, 0.29) is 10.9 Å². The molecule has 0 atom stereocenters. The van der Waals surface area contributed by atoms with Gasteiger partial charge in [-0.1, -0.05) is 29.3 Å². The third kappa shape index (κ3) is 2.14. The predicted octanol–water partition coefficient (Wildman–Crippen LogP) is 2.50. The second-order valence-electron chi connectivity index (χ2n) is 2.71. The lowest BCUT2D eigenvalue weighted by Gasteiger charge is -2.11. The first-order valence-corrected chi connectivity index (χ1v) is 4.37. The number of nitrogens with zero attached hydrogens (tertiary/aromatic N) is 1. The summed E-state index contributed by atoms with van der Waals surface area (Å²) >= 11 is 11.6. The van der Waals surface area contributed by atoms with Crippen molar-refractivity contribution in [2.75, 3.05) is 14.1 Å². The monoisotopic (exact) mass is 216 g/mol. The Hall–Kier alpha value is -0.730. The molecule has 4 heteroatoms. The van der Waals surface area contributed by atoms with E-state index in [1.165, 1.54) is 4.90 Å². The summed E-state index contributed by atoms with van der Waals surface area (Å²) in [6.07, 6.45) is 0. The Kier molecular flexibility index (Phi) is 3.17. The van der Waals surface area contributed by atoms with E-state index in [4.69, 9.17) is 23.2 Å². The van der Waals surface area contributed by atoms with Crippen LogP contribution in [0.25, 0.3) is 0 Å². The molecule has 0 aromatic heterocycles. The summed E-state index contributed by atoms with van der Waals surface area (Å²) in [5, 5.41) is 0.619. The molecular weight excluding hydrogens is 209 g/mol. The highest BCUT2D eigenvalue weighted by Gasteiger charge is 2.13. The van der Waals surface area contributed by atoms with Crippen molar-refractivity contribution >= 4 is 29.1 Å². The molecule has 13 heavy (non-hydrogen) atoms. The average molecular weight is 217 g/mol. The topological polar surface area (TPSA) is 20.3 Å². The molecule has 0 fully saturated rings. The van der Waals surface area contributed by atoms with Crippen LogP contribution in [0.5, 0.6) is 0 Å². The SMILES string of the molecule is CN(C)C(=O)c1[c]ccc(Cl)c1Cl. The number of hydrogen-bond acceptors (Lipinski definition) is 1. The lowest BCUT2D eigenvalue weighted by atomic mass is 10.2. The third-order valence-electron chi connectivity index (χ3n) is 1.51. The quantitative estimate of drug-likeness (QED) is 0.707. The first-order valence-electron chi connectivity index (χ1n) is 3.61. The van der Waals surface area contributed by atoms with Gasteiger partial charge in [-0.25, -0.2) is 0 Å². The Balaban J connectivity index is 3.15. The molecule has 0 N–H and O–H groups in total. The van der Waals surface area contributed by atoms with Gasteiger partial charge in [0.1, 0.15) is 0 Å². The van der Waals surface area contributed by atoms with Gasteiger partial charge in [0, 0.05) is 14.1 Å². The van der Waals surface area contributed by atoms with Gasteiger partial charge < -0.3 is 4.90 Å². The molecule has 1 amide bonds. The van der Waals surface area contributed by atoms with Crippen LogP contribution in [0.4, 0.5) is 0 Å². The molecular formula is C9H8Cl2NO. The van der Waals surface area contributed by atoms with Gasteiger partial charge >= 0.3 is 0 Å². The van der Waals surface area contributed by atoms with Crippen molar-refractivity contribution < 1.29 is 4.79 Å². The molecule has 0 heterocycles. The molecule has 0 unspecified atom stereocenters. The van der Waals surface area contributed by atoms with Crippen molar-refractivity contribution in [3.8, 4) is 0 Å². The number of benzene rings is 1. The molecule has 0 aliphatic heterocycles. The van der Waals surface area contributed by atoms with Crippen molar-refractivity contribution in [2.45, 2.75) is 0 Å². The molecule has 1 aromatic rings. The fourth-order valence-corrected chi connectivity index (χ4v) is 1.19. The first-order chi connectivity index (χ1) is 6.04. The van der Waals surface area contributed by atoms with E-state index in [2.05, 4.69) is 6.07 Å². The Labute approximate surface area is 87.1 Å². The van der Waals surface area contributed by atoms with Gasteiger partial charge in [0.2, 0.25) is 0 Å². The highest BCUT2D eigenvalue weighted by molar-refractivity contribution is 6.43. The molecule has 0 saturated carbocycles. The van der Waals surface area contributed by atoms with Crippen LogP contribution in [0, 0.1) is 6.07 Å². The fourth-order valence-electron chi connectivity index (χ4n) is 0.833. The number of rotatable bonds is 1. The van der Waals surface area contributed by atoms with Crippen LogP contribution in [0.15, 0.2) is 12.1 Å². The van der Waals surface area contributed by atoms with Crippen molar-refractivity contribution in [1.29, 1.82) is 0 Å². The largest absolute Gasteiger partial charge is 0.345 e. The summed E-state index contributed by atoms with van der Waals surface area (Å²) in [6, 6.07) is 5.92. The summed E-state index contributed by atoms with van der Waals surface area (Å²) in [4.78, 5) is 12.9. The van der Waals surface area contributed by atoms with Crippen LogP contribution < -0.4 is 0 Å². The minimum atomic E-state index is -0.201. The fraction of sp³-hybridized carbons (Fsp3) is 0.222. The zero-order valence-corrected chi connectivity index (χ0v) is 8.78. The van der Waals surface area contributed by atoms with Crippen LogP contribution in [0.3, 0.4) is 0 Å².